The maximum atomic E-state index is 12.0. The van der Waals surface area contributed by atoms with Crippen molar-refractivity contribution in [3.05, 3.63) is 33.8 Å². The lowest BCUT2D eigenvalue weighted by molar-refractivity contribution is 0.0318. The summed E-state index contributed by atoms with van der Waals surface area (Å²) in [6.45, 7) is 5.44. The molecule has 4 nitrogen and oxygen atoms in total. The number of aryl methyl sites for hydroxylation is 1. The van der Waals surface area contributed by atoms with E-state index >= 15 is 0 Å². The van der Waals surface area contributed by atoms with Crippen LogP contribution in [0.25, 0.3) is 0 Å². The highest BCUT2D eigenvalue weighted by atomic mass is 79.9. The van der Waals surface area contributed by atoms with Crippen molar-refractivity contribution in [1.29, 1.82) is 0 Å². The van der Waals surface area contributed by atoms with Gasteiger partial charge in [0.25, 0.3) is 5.91 Å². The average Bonchev–Trinajstić information content (AvgIpc) is 2.50. The van der Waals surface area contributed by atoms with E-state index in [1.165, 1.54) is 0 Å². The van der Waals surface area contributed by atoms with Crippen molar-refractivity contribution in [2.24, 2.45) is 0 Å². The molecule has 21 heavy (non-hydrogen) atoms. The summed E-state index contributed by atoms with van der Waals surface area (Å²) >= 11 is 3.44. The molecule has 2 rings (SSSR count). The fraction of sp³-hybridized carbons (Fsp3) is 0.562. The molecular formula is C16H23BrN2O2. The van der Waals surface area contributed by atoms with Crippen LogP contribution in [-0.2, 0) is 4.74 Å². The number of piperidine rings is 1. The summed E-state index contributed by atoms with van der Waals surface area (Å²) in [6.07, 6.45) is 3.41. The van der Waals surface area contributed by atoms with Crippen molar-refractivity contribution < 1.29 is 9.53 Å². The lowest BCUT2D eigenvalue weighted by Gasteiger charge is -2.22. The molecule has 5 heteroatoms. The van der Waals surface area contributed by atoms with E-state index in [2.05, 4.69) is 26.6 Å². The lowest BCUT2D eigenvalue weighted by atomic mass is 10.1. The Hall–Kier alpha value is -0.910. The Morgan fingerprint density at radius 2 is 2.19 bits per heavy atom. The zero-order chi connectivity index (χ0) is 15.1. The molecule has 0 bridgehead atoms. The van der Waals surface area contributed by atoms with Crippen LogP contribution in [0.2, 0.25) is 0 Å². The molecular weight excluding hydrogens is 332 g/mol. The quantitative estimate of drug-likeness (QED) is 0.772. The summed E-state index contributed by atoms with van der Waals surface area (Å²) in [5.41, 5.74) is 1.77. The van der Waals surface area contributed by atoms with E-state index in [-0.39, 0.29) is 5.91 Å². The second-order valence-electron chi connectivity index (χ2n) is 5.39. The SMILES string of the molecule is Cc1cc(C(=O)NCCCOC2CCNCC2)ccc1Br. The first-order valence-electron chi connectivity index (χ1n) is 7.53. The van der Waals surface area contributed by atoms with Gasteiger partial charge in [-0.2, -0.15) is 0 Å². The third-order valence-corrected chi connectivity index (χ3v) is 4.56. The summed E-state index contributed by atoms with van der Waals surface area (Å²) in [5.74, 6) is -0.0209. The van der Waals surface area contributed by atoms with E-state index in [0.717, 1.165) is 42.4 Å². The van der Waals surface area contributed by atoms with Crippen LogP contribution in [0.3, 0.4) is 0 Å². The molecule has 0 unspecified atom stereocenters. The number of halogens is 1. The summed E-state index contributed by atoms with van der Waals surface area (Å²) in [4.78, 5) is 12.0. The fourth-order valence-corrected chi connectivity index (χ4v) is 2.62. The van der Waals surface area contributed by atoms with Gasteiger partial charge in [-0.3, -0.25) is 4.79 Å². The third kappa shape index (κ3) is 5.41. The van der Waals surface area contributed by atoms with Gasteiger partial charge in [0.15, 0.2) is 0 Å². The fourth-order valence-electron chi connectivity index (χ4n) is 2.37. The van der Waals surface area contributed by atoms with Gasteiger partial charge in [0, 0.05) is 23.2 Å². The van der Waals surface area contributed by atoms with Crippen molar-refractivity contribution in [3.63, 3.8) is 0 Å². The topological polar surface area (TPSA) is 50.4 Å². The van der Waals surface area contributed by atoms with Gasteiger partial charge in [0.05, 0.1) is 6.10 Å². The van der Waals surface area contributed by atoms with Gasteiger partial charge in [-0.05, 0) is 63.0 Å². The first-order chi connectivity index (χ1) is 10.2. The first-order valence-corrected chi connectivity index (χ1v) is 8.33. The Balaban J connectivity index is 1.63. The zero-order valence-corrected chi connectivity index (χ0v) is 14.0. The van der Waals surface area contributed by atoms with Crippen LogP contribution in [0.5, 0.6) is 0 Å². The minimum Gasteiger partial charge on any atom is -0.378 e. The van der Waals surface area contributed by atoms with Gasteiger partial charge in [-0.1, -0.05) is 15.9 Å². The molecule has 2 N–H and O–H groups in total. The maximum absolute atomic E-state index is 12.0. The molecule has 0 spiro atoms. The van der Waals surface area contributed by atoms with Gasteiger partial charge < -0.3 is 15.4 Å². The highest BCUT2D eigenvalue weighted by Crippen LogP contribution is 2.17. The van der Waals surface area contributed by atoms with E-state index in [4.69, 9.17) is 4.74 Å². The molecule has 116 valence electrons. The number of hydrogen-bond donors (Lipinski definition) is 2. The lowest BCUT2D eigenvalue weighted by Crippen LogP contribution is -2.33. The van der Waals surface area contributed by atoms with Crippen molar-refractivity contribution in [2.75, 3.05) is 26.2 Å². The first kappa shape index (κ1) is 16.5. The van der Waals surface area contributed by atoms with Crippen LogP contribution in [-0.4, -0.2) is 38.3 Å². The Kier molecular flexibility index (Phi) is 6.67. The number of hydrogen-bond acceptors (Lipinski definition) is 3. The number of carbonyl (C=O) groups is 1. The zero-order valence-electron chi connectivity index (χ0n) is 12.5. The standard InChI is InChI=1S/C16H23BrN2O2/c1-12-11-13(3-4-15(12)17)16(20)19-7-2-10-21-14-5-8-18-9-6-14/h3-4,11,14,18H,2,5-10H2,1H3,(H,19,20). The molecule has 0 saturated carbocycles. The number of rotatable bonds is 6. The molecule has 0 atom stereocenters. The van der Waals surface area contributed by atoms with Gasteiger partial charge in [0.1, 0.15) is 0 Å². The molecule has 1 saturated heterocycles. The van der Waals surface area contributed by atoms with Crippen molar-refractivity contribution in [2.45, 2.75) is 32.3 Å². The summed E-state index contributed by atoms with van der Waals surface area (Å²) < 4.78 is 6.83. The minimum absolute atomic E-state index is 0.0209. The Labute approximate surface area is 134 Å². The van der Waals surface area contributed by atoms with E-state index in [9.17, 15) is 4.79 Å². The van der Waals surface area contributed by atoms with E-state index < -0.39 is 0 Å². The predicted octanol–water partition coefficient (Wildman–Crippen LogP) is 2.65. The molecule has 0 aliphatic carbocycles. The molecule has 1 fully saturated rings. The molecule has 0 aromatic heterocycles. The highest BCUT2D eigenvalue weighted by Gasteiger charge is 2.12. The normalized spacial score (nSPS) is 15.9. The highest BCUT2D eigenvalue weighted by molar-refractivity contribution is 9.10. The largest absolute Gasteiger partial charge is 0.378 e. The number of nitrogens with one attached hydrogen (secondary N) is 2. The van der Waals surface area contributed by atoms with Gasteiger partial charge in [-0.25, -0.2) is 0 Å². The maximum Gasteiger partial charge on any atom is 0.251 e. The molecule has 0 radical (unpaired) electrons. The van der Waals surface area contributed by atoms with Gasteiger partial charge >= 0.3 is 0 Å². The molecule has 1 heterocycles. The van der Waals surface area contributed by atoms with Crippen LogP contribution in [0.15, 0.2) is 22.7 Å². The third-order valence-electron chi connectivity index (χ3n) is 3.67. The van der Waals surface area contributed by atoms with Gasteiger partial charge in [-0.15, -0.1) is 0 Å². The molecule has 1 aliphatic rings. The number of carbonyl (C=O) groups excluding carboxylic acids is 1. The summed E-state index contributed by atoms with van der Waals surface area (Å²) in [6, 6.07) is 5.63. The van der Waals surface area contributed by atoms with E-state index in [0.29, 0.717) is 24.8 Å². The van der Waals surface area contributed by atoms with Crippen molar-refractivity contribution in [3.8, 4) is 0 Å². The smallest absolute Gasteiger partial charge is 0.251 e. The monoisotopic (exact) mass is 354 g/mol. The number of amides is 1. The van der Waals surface area contributed by atoms with E-state index in [1.54, 1.807) is 0 Å². The second kappa shape index (κ2) is 8.51. The Bertz CT molecular complexity index is 473. The van der Waals surface area contributed by atoms with E-state index in [1.807, 2.05) is 25.1 Å². The van der Waals surface area contributed by atoms with Crippen LogP contribution in [0.4, 0.5) is 0 Å². The van der Waals surface area contributed by atoms with Crippen LogP contribution in [0, 0.1) is 6.92 Å². The number of ether oxygens (including phenoxy) is 1. The molecule has 1 aromatic carbocycles. The molecule has 1 aromatic rings. The predicted molar refractivity (Wildman–Crippen MR) is 87.7 cm³/mol. The van der Waals surface area contributed by atoms with Crippen LogP contribution in [0.1, 0.15) is 35.2 Å². The van der Waals surface area contributed by atoms with Gasteiger partial charge in [0.2, 0.25) is 0 Å². The van der Waals surface area contributed by atoms with Crippen LogP contribution >= 0.6 is 15.9 Å². The summed E-state index contributed by atoms with van der Waals surface area (Å²) in [5, 5.41) is 6.25. The minimum atomic E-state index is -0.0209. The molecule has 1 aliphatic heterocycles. The van der Waals surface area contributed by atoms with Crippen molar-refractivity contribution in [1.82, 2.24) is 10.6 Å². The number of benzene rings is 1. The summed E-state index contributed by atoms with van der Waals surface area (Å²) in [7, 11) is 0. The van der Waals surface area contributed by atoms with Crippen LogP contribution < -0.4 is 10.6 Å². The Morgan fingerprint density at radius 3 is 2.90 bits per heavy atom. The van der Waals surface area contributed by atoms with Crippen molar-refractivity contribution >= 4 is 21.8 Å². The Morgan fingerprint density at radius 1 is 1.43 bits per heavy atom. The second-order valence-corrected chi connectivity index (χ2v) is 6.25. The average molecular weight is 355 g/mol. The molecule has 1 amide bonds.